The van der Waals surface area contributed by atoms with Crippen LogP contribution in [0, 0.1) is 6.92 Å². The molecule has 0 bridgehead atoms. The highest BCUT2D eigenvalue weighted by molar-refractivity contribution is 5.27. The molecule has 2 atom stereocenters. The van der Waals surface area contributed by atoms with Crippen LogP contribution in [0.3, 0.4) is 0 Å². The van der Waals surface area contributed by atoms with Crippen molar-refractivity contribution in [3.63, 3.8) is 0 Å². The molecule has 0 radical (unpaired) electrons. The molecule has 0 saturated heterocycles. The molecule has 0 amide bonds. The number of benzene rings is 1. The molecule has 0 spiro atoms. The highest BCUT2D eigenvalue weighted by atomic mass is 16.5. The normalized spacial score (nSPS) is 15.8. The molecule has 2 unspecified atom stereocenters. The molecule has 4 nitrogen and oxygen atoms in total. The Kier molecular flexibility index (Phi) is 6.28. The topological polar surface area (TPSA) is 61.7 Å². The summed E-state index contributed by atoms with van der Waals surface area (Å²) in [6.45, 7) is 6.81. The van der Waals surface area contributed by atoms with Gasteiger partial charge in [0.15, 0.2) is 0 Å². The Morgan fingerprint density at radius 2 is 2.16 bits per heavy atom. The van der Waals surface area contributed by atoms with Gasteiger partial charge in [-0.25, -0.2) is 0 Å². The zero-order valence-corrected chi connectivity index (χ0v) is 12.0. The third kappa shape index (κ3) is 6.57. The first kappa shape index (κ1) is 16.0. The second-order valence-corrected chi connectivity index (χ2v) is 5.26. The Balaban J connectivity index is 2.23. The highest BCUT2D eigenvalue weighted by Crippen LogP contribution is 2.12. The van der Waals surface area contributed by atoms with Crippen LogP contribution in [0.2, 0.25) is 0 Å². The summed E-state index contributed by atoms with van der Waals surface area (Å²) < 4.78 is 5.51. The standard InChI is InChI=1S/C15H25NO3/c1-4-15(3,18)11-16-9-13(17)10-19-14-7-5-6-12(2)8-14/h5-8,13,16-18H,4,9-11H2,1-3H3. The first-order valence-electron chi connectivity index (χ1n) is 6.73. The van der Waals surface area contributed by atoms with Gasteiger partial charge in [0.1, 0.15) is 18.5 Å². The van der Waals surface area contributed by atoms with Crippen molar-refractivity contribution in [3.8, 4) is 5.75 Å². The predicted molar refractivity (Wildman–Crippen MR) is 76.5 cm³/mol. The Bertz CT molecular complexity index is 379. The van der Waals surface area contributed by atoms with Crippen LogP contribution < -0.4 is 10.1 Å². The van der Waals surface area contributed by atoms with Crippen LogP contribution >= 0.6 is 0 Å². The van der Waals surface area contributed by atoms with E-state index in [4.69, 9.17) is 4.74 Å². The van der Waals surface area contributed by atoms with Gasteiger partial charge in [0.05, 0.1) is 5.60 Å². The van der Waals surface area contributed by atoms with E-state index in [1.807, 2.05) is 38.1 Å². The van der Waals surface area contributed by atoms with E-state index in [9.17, 15) is 10.2 Å². The lowest BCUT2D eigenvalue weighted by Crippen LogP contribution is -2.41. The minimum Gasteiger partial charge on any atom is -0.491 e. The molecule has 19 heavy (non-hydrogen) atoms. The van der Waals surface area contributed by atoms with Crippen molar-refractivity contribution < 1.29 is 14.9 Å². The lowest BCUT2D eigenvalue weighted by molar-refractivity contribution is 0.0476. The summed E-state index contributed by atoms with van der Waals surface area (Å²) in [6.07, 6.45) is 0.0868. The first-order chi connectivity index (χ1) is 8.93. The van der Waals surface area contributed by atoms with Gasteiger partial charge in [-0.15, -0.1) is 0 Å². The van der Waals surface area contributed by atoms with E-state index in [-0.39, 0.29) is 6.61 Å². The molecule has 0 saturated carbocycles. The molecule has 0 fully saturated rings. The van der Waals surface area contributed by atoms with Crippen LogP contribution in [0.1, 0.15) is 25.8 Å². The summed E-state index contributed by atoms with van der Waals surface area (Å²) in [5.74, 6) is 0.764. The van der Waals surface area contributed by atoms with Crippen molar-refractivity contribution in [2.75, 3.05) is 19.7 Å². The minimum atomic E-state index is -0.725. The number of hydrogen-bond donors (Lipinski definition) is 3. The zero-order valence-electron chi connectivity index (χ0n) is 12.0. The summed E-state index contributed by atoms with van der Waals surface area (Å²) >= 11 is 0. The van der Waals surface area contributed by atoms with Crippen LogP contribution in [0.25, 0.3) is 0 Å². The van der Waals surface area contributed by atoms with Crippen molar-refractivity contribution in [3.05, 3.63) is 29.8 Å². The molecular formula is C15H25NO3. The Labute approximate surface area is 115 Å². The number of rotatable bonds is 8. The van der Waals surface area contributed by atoms with Crippen LogP contribution in [0.5, 0.6) is 5.75 Å². The lowest BCUT2D eigenvalue weighted by atomic mass is 10.0. The first-order valence-corrected chi connectivity index (χ1v) is 6.73. The average molecular weight is 267 g/mol. The van der Waals surface area contributed by atoms with E-state index < -0.39 is 11.7 Å². The number of aliphatic hydroxyl groups excluding tert-OH is 1. The predicted octanol–water partition coefficient (Wildman–Crippen LogP) is 1.49. The maximum absolute atomic E-state index is 9.80. The zero-order chi connectivity index (χ0) is 14.3. The number of aryl methyl sites for hydroxylation is 1. The van der Waals surface area contributed by atoms with Gasteiger partial charge in [-0.2, -0.15) is 0 Å². The van der Waals surface area contributed by atoms with Gasteiger partial charge in [0.2, 0.25) is 0 Å². The maximum atomic E-state index is 9.80. The van der Waals surface area contributed by atoms with E-state index in [1.54, 1.807) is 6.92 Å². The lowest BCUT2D eigenvalue weighted by Gasteiger charge is -2.22. The monoisotopic (exact) mass is 267 g/mol. The van der Waals surface area contributed by atoms with Crippen LogP contribution in [0.4, 0.5) is 0 Å². The number of ether oxygens (including phenoxy) is 1. The molecule has 3 N–H and O–H groups in total. The third-order valence-electron chi connectivity index (χ3n) is 3.08. The van der Waals surface area contributed by atoms with Gasteiger partial charge in [-0.05, 0) is 38.0 Å². The Morgan fingerprint density at radius 1 is 1.42 bits per heavy atom. The van der Waals surface area contributed by atoms with E-state index in [0.717, 1.165) is 11.3 Å². The van der Waals surface area contributed by atoms with Crippen molar-refractivity contribution in [2.45, 2.75) is 38.9 Å². The van der Waals surface area contributed by atoms with Crippen LogP contribution in [-0.4, -0.2) is 41.6 Å². The molecule has 0 aliphatic carbocycles. The minimum absolute atomic E-state index is 0.241. The van der Waals surface area contributed by atoms with Gasteiger partial charge in [0.25, 0.3) is 0 Å². The van der Waals surface area contributed by atoms with Gasteiger partial charge >= 0.3 is 0 Å². The molecule has 108 valence electrons. The van der Waals surface area contributed by atoms with Crippen LogP contribution in [0.15, 0.2) is 24.3 Å². The Hall–Kier alpha value is -1.10. The molecule has 1 aromatic carbocycles. The molecular weight excluding hydrogens is 242 g/mol. The van der Waals surface area contributed by atoms with E-state index in [2.05, 4.69) is 5.32 Å². The summed E-state index contributed by atoms with van der Waals surface area (Å²) in [5.41, 5.74) is 0.404. The van der Waals surface area contributed by atoms with Gasteiger partial charge in [-0.1, -0.05) is 19.1 Å². The second-order valence-electron chi connectivity index (χ2n) is 5.26. The quantitative estimate of drug-likeness (QED) is 0.668. The largest absolute Gasteiger partial charge is 0.491 e. The third-order valence-corrected chi connectivity index (χ3v) is 3.08. The molecule has 1 rings (SSSR count). The number of aliphatic hydroxyl groups is 2. The van der Waals surface area contributed by atoms with Gasteiger partial charge in [-0.3, -0.25) is 0 Å². The number of hydrogen-bond acceptors (Lipinski definition) is 4. The number of nitrogens with one attached hydrogen (secondary N) is 1. The fraction of sp³-hybridized carbons (Fsp3) is 0.600. The molecule has 0 aliphatic heterocycles. The molecule has 1 aromatic rings. The summed E-state index contributed by atoms with van der Waals surface area (Å²) in [4.78, 5) is 0. The van der Waals surface area contributed by atoms with E-state index >= 15 is 0 Å². The van der Waals surface area contributed by atoms with Crippen molar-refractivity contribution in [1.29, 1.82) is 0 Å². The fourth-order valence-corrected chi connectivity index (χ4v) is 1.59. The SMILES string of the molecule is CCC(C)(O)CNCC(O)COc1cccc(C)c1. The van der Waals surface area contributed by atoms with Gasteiger partial charge in [0, 0.05) is 13.1 Å². The average Bonchev–Trinajstić information content (AvgIpc) is 2.36. The Morgan fingerprint density at radius 3 is 2.79 bits per heavy atom. The van der Waals surface area contributed by atoms with E-state index in [0.29, 0.717) is 19.5 Å². The highest BCUT2D eigenvalue weighted by Gasteiger charge is 2.17. The van der Waals surface area contributed by atoms with Crippen molar-refractivity contribution >= 4 is 0 Å². The molecule has 4 heteroatoms. The van der Waals surface area contributed by atoms with Crippen molar-refractivity contribution in [1.82, 2.24) is 5.32 Å². The molecule has 0 heterocycles. The van der Waals surface area contributed by atoms with Crippen molar-refractivity contribution in [2.24, 2.45) is 0 Å². The summed E-state index contributed by atoms with van der Waals surface area (Å²) in [5, 5.41) is 22.6. The summed E-state index contributed by atoms with van der Waals surface area (Å²) in [6, 6.07) is 7.72. The fourth-order valence-electron chi connectivity index (χ4n) is 1.59. The smallest absolute Gasteiger partial charge is 0.119 e. The van der Waals surface area contributed by atoms with Crippen LogP contribution in [-0.2, 0) is 0 Å². The maximum Gasteiger partial charge on any atom is 0.119 e. The molecule has 0 aliphatic rings. The second kappa shape index (κ2) is 7.48. The molecule has 0 aromatic heterocycles. The summed E-state index contributed by atoms with van der Waals surface area (Å²) in [7, 11) is 0. The van der Waals surface area contributed by atoms with Gasteiger partial charge < -0.3 is 20.3 Å². The van der Waals surface area contributed by atoms with E-state index in [1.165, 1.54) is 0 Å².